The van der Waals surface area contributed by atoms with Gasteiger partial charge < -0.3 is 14.7 Å². The molecule has 1 heterocycles. The highest BCUT2D eigenvalue weighted by atomic mass is 35.5. The molecule has 4 atom stereocenters. The number of sulfone groups is 1. The first kappa shape index (κ1) is 29.1. The third kappa shape index (κ3) is 6.64. The van der Waals surface area contributed by atoms with E-state index in [0.717, 1.165) is 6.26 Å². The third-order valence-electron chi connectivity index (χ3n) is 6.77. The lowest BCUT2D eigenvalue weighted by atomic mass is 9.88. The summed E-state index contributed by atoms with van der Waals surface area (Å²) in [6, 6.07) is 18.4. The molecule has 1 N–H and O–H groups in total. The van der Waals surface area contributed by atoms with Crippen molar-refractivity contribution in [2.75, 3.05) is 6.26 Å². The molecule has 39 heavy (non-hydrogen) atoms. The van der Waals surface area contributed by atoms with Gasteiger partial charge >= 0.3 is 5.97 Å². The van der Waals surface area contributed by atoms with Gasteiger partial charge in [0.05, 0.1) is 10.9 Å². The topological polar surface area (TPSA) is 101 Å². The summed E-state index contributed by atoms with van der Waals surface area (Å²) in [7, 11) is -3.47. The summed E-state index contributed by atoms with van der Waals surface area (Å²) in [5.41, 5.74) is 1.97. The van der Waals surface area contributed by atoms with Gasteiger partial charge in [0, 0.05) is 22.7 Å². The molecule has 0 aliphatic carbocycles. The maximum Gasteiger partial charge on any atom is 0.326 e. The number of benzene rings is 3. The van der Waals surface area contributed by atoms with Gasteiger partial charge in [-0.2, -0.15) is 0 Å². The highest BCUT2D eigenvalue weighted by Crippen LogP contribution is 2.44. The summed E-state index contributed by atoms with van der Waals surface area (Å²) in [5.74, 6) is -1.59. The summed E-state index contributed by atoms with van der Waals surface area (Å²) in [6.45, 7) is 1.86. The summed E-state index contributed by atoms with van der Waals surface area (Å²) in [6.07, 6.45) is 0.182. The van der Waals surface area contributed by atoms with Crippen LogP contribution in [0.5, 0.6) is 0 Å². The van der Waals surface area contributed by atoms with Crippen LogP contribution in [0.3, 0.4) is 0 Å². The highest BCUT2D eigenvalue weighted by Gasteiger charge is 2.48. The molecule has 1 aliphatic rings. The predicted molar refractivity (Wildman–Crippen MR) is 150 cm³/mol. The van der Waals surface area contributed by atoms with Crippen LogP contribution in [0.2, 0.25) is 10.0 Å². The maximum atomic E-state index is 14.1. The molecule has 206 valence electrons. The monoisotopic (exact) mass is 589 g/mol. The molecule has 3 aromatic rings. The standard InChI is InChI=1S/C29H29Cl2NO6S/c1-3-5-24(29(34)35)32-26(19-8-12-21(30)13-9-19)27(20-10-14-22(31)15-11-20)38-25(28(32)33)17-18-6-4-7-23(16-18)39(2,36)37/h4,6-16,24-27H,3,5,17H2,1-2H3,(H,34,35)/t24?,25-,26+,27-/m0/s1. The van der Waals surface area contributed by atoms with Crippen LogP contribution in [0.15, 0.2) is 77.7 Å². The Labute approximate surface area is 238 Å². The molecular weight excluding hydrogens is 561 g/mol. The van der Waals surface area contributed by atoms with Gasteiger partial charge in [-0.1, -0.05) is 72.9 Å². The van der Waals surface area contributed by atoms with Crippen LogP contribution in [0.4, 0.5) is 0 Å². The molecular formula is C29H29Cl2NO6S. The molecule has 1 saturated heterocycles. The van der Waals surface area contributed by atoms with Crippen molar-refractivity contribution in [3.05, 3.63) is 99.5 Å². The Balaban J connectivity index is 1.85. The maximum absolute atomic E-state index is 14.1. The van der Waals surface area contributed by atoms with Crippen LogP contribution in [-0.4, -0.2) is 48.7 Å². The van der Waals surface area contributed by atoms with Crippen molar-refractivity contribution in [1.82, 2.24) is 4.90 Å². The first-order chi connectivity index (χ1) is 18.5. The van der Waals surface area contributed by atoms with Gasteiger partial charge in [-0.3, -0.25) is 4.79 Å². The number of amides is 1. The number of carbonyl (C=O) groups excluding carboxylic acids is 1. The van der Waals surface area contributed by atoms with E-state index in [4.69, 9.17) is 27.9 Å². The zero-order chi connectivity index (χ0) is 28.3. The Hall–Kier alpha value is -2.91. The Morgan fingerprint density at radius 3 is 2.13 bits per heavy atom. The molecule has 1 unspecified atom stereocenters. The van der Waals surface area contributed by atoms with Crippen molar-refractivity contribution in [3.63, 3.8) is 0 Å². The van der Waals surface area contributed by atoms with Gasteiger partial charge in [-0.25, -0.2) is 13.2 Å². The number of ether oxygens (including phenoxy) is 1. The largest absolute Gasteiger partial charge is 0.480 e. The quantitative estimate of drug-likeness (QED) is 0.333. The molecule has 0 aromatic heterocycles. The van der Waals surface area contributed by atoms with Gasteiger partial charge in [0.1, 0.15) is 18.2 Å². The highest BCUT2D eigenvalue weighted by molar-refractivity contribution is 7.90. The minimum absolute atomic E-state index is 0.0641. The molecule has 10 heteroatoms. The molecule has 7 nitrogen and oxygen atoms in total. The average Bonchev–Trinajstić information content (AvgIpc) is 2.89. The van der Waals surface area contributed by atoms with Crippen LogP contribution in [0, 0.1) is 0 Å². The van der Waals surface area contributed by atoms with E-state index in [1.54, 1.807) is 60.7 Å². The van der Waals surface area contributed by atoms with Crippen LogP contribution in [-0.2, 0) is 30.6 Å². The minimum Gasteiger partial charge on any atom is -0.480 e. The Morgan fingerprint density at radius 2 is 1.59 bits per heavy atom. The molecule has 0 spiro atoms. The van der Waals surface area contributed by atoms with Crippen molar-refractivity contribution < 1.29 is 27.9 Å². The number of hydrogen-bond donors (Lipinski definition) is 1. The van der Waals surface area contributed by atoms with Crippen molar-refractivity contribution in [1.29, 1.82) is 0 Å². The number of morpholine rings is 1. The fourth-order valence-corrected chi connectivity index (χ4v) is 5.87. The Morgan fingerprint density at radius 1 is 1.00 bits per heavy atom. The zero-order valence-electron chi connectivity index (χ0n) is 21.5. The molecule has 1 amide bonds. The average molecular weight is 591 g/mol. The van der Waals surface area contributed by atoms with E-state index in [1.807, 2.05) is 6.92 Å². The van der Waals surface area contributed by atoms with E-state index >= 15 is 0 Å². The lowest BCUT2D eigenvalue weighted by molar-refractivity contribution is -0.184. The zero-order valence-corrected chi connectivity index (χ0v) is 23.8. The number of hydrogen-bond acceptors (Lipinski definition) is 5. The number of carboxylic acids is 1. The fourth-order valence-electron chi connectivity index (χ4n) is 4.92. The van der Waals surface area contributed by atoms with Crippen molar-refractivity contribution in [2.45, 2.75) is 55.4 Å². The van der Waals surface area contributed by atoms with Crippen LogP contribution >= 0.6 is 23.2 Å². The van der Waals surface area contributed by atoms with E-state index < -0.39 is 46.0 Å². The van der Waals surface area contributed by atoms with Crippen molar-refractivity contribution >= 4 is 44.9 Å². The van der Waals surface area contributed by atoms with Gasteiger partial charge in [0.15, 0.2) is 9.84 Å². The Kier molecular flexibility index (Phi) is 9.01. The second-order valence-corrected chi connectivity index (χ2v) is 12.5. The number of carboxylic acid groups (broad SMARTS) is 1. The molecule has 4 rings (SSSR count). The summed E-state index contributed by atoms with van der Waals surface area (Å²) < 4.78 is 30.7. The van der Waals surface area contributed by atoms with Gasteiger partial charge in [-0.15, -0.1) is 0 Å². The minimum atomic E-state index is -3.47. The predicted octanol–water partition coefficient (Wildman–Crippen LogP) is 5.90. The molecule has 0 saturated carbocycles. The van der Waals surface area contributed by atoms with E-state index in [-0.39, 0.29) is 17.7 Å². The normalized spacial score (nSPS) is 20.6. The van der Waals surface area contributed by atoms with Gasteiger partial charge in [0.25, 0.3) is 5.91 Å². The number of rotatable bonds is 9. The Bertz CT molecular complexity index is 1440. The van der Waals surface area contributed by atoms with E-state index in [9.17, 15) is 23.1 Å². The number of carbonyl (C=O) groups is 2. The molecule has 1 aliphatic heterocycles. The first-order valence-electron chi connectivity index (χ1n) is 12.5. The van der Waals surface area contributed by atoms with Gasteiger partial charge in [-0.05, 0) is 59.5 Å². The van der Waals surface area contributed by atoms with Crippen molar-refractivity contribution in [3.8, 4) is 0 Å². The molecule has 0 radical (unpaired) electrons. The van der Waals surface area contributed by atoms with Gasteiger partial charge in [0.2, 0.25) is 0 Å². The molecule has 0 bridgehead atoms. The van der Waals surface area contributed by atoms with Crippen molar-refractivity contribution in [2.24, 2.45) is 0 Å². The lowest BCUT2D eigenvalue weighted by Crippen LogP contribution is -2.57. The van der Waals surface area contributed by atoms with Crippen LogP contribution in [0.1, 0.15) is 48.6 Å². The SMILES string of the molecule is CCCC(C(=O)O)N1C(=O)[C@H](Cc2cccc(S(C)(=O)=O)c2)O[C@@H](c2ccc(Cl)cc2)[C@H]1c1ccc(Cl)cc1. The molecule has 1 fully saturated rings. The number of aliphatic carboxylic acids is 1. The summed E-state index contributed by atoms with van der Waals surface area (Å²) >= 11 is 12.3. The number of halogens is 2. The van der Waals surface area contributed by atoms with E-state index in [2.05, 4.69) is 0 Å². The second-order valence-electron chi connectivity index (χ2n) is 9.61. The smallest absolute Gasteiger partial charge is 0.326 e. The second kappa shape index (κ2) is 12.1. The fraction of sp³-hybridized carbons (Fsp3) is 0.310. The number of nitrogens with zero attached hydrogens (tertiary/aromatic N) is 1. The first-order valence-corrected chi connectivity index (χ1v) is 15.1. The van der Waals surface area contributed by atoms with E-state index in [1.165, 1.54) is 17.0 Å². The van der Waals surface area contributed by atoms with Crippen LogP contribution in [0.25, 0.3) is 0 Å². The summed E-state index contributed by atoms with van der Waals surface area (Å²) in [5, 5.41) is 11.3. The lowest BCUT2D eigenvalue weighted by Gasteiger charge is -2.47. The third-order valence-corrected chi connectivity index (χ3v) is 8.38. The van der Waals surface area contributed by atoms with E-state index in [0.29, 0.717) is 33.2 Å². The summed E-state index contributed by atoms with van der Waals surface area (Å²) in [4.78, 5) is 28.2. The molecule has 3 aromatic carbocycles. The van der Waals surface area contributed by atoms with Crippen LogP contribution < -0.4 is 0 Å².